The molecular formula is C21H25FN2O3. The van der Waals surface area contributed by atoms with Crippen molar-refractivity contribution < 1.29 is 18.7 Å². The quantitative estimate of drug-likeness (QED) is 0.801. The van der Waals surface area contributed by atoms with Gasteiger partial charge in [-0.25, -0.2) is 4.39 Å². The van der Waals surface area contributed by atoms with Crippen LogP contribution >= 0.6 is 0 Å². The molecule has 0 spiro atoms. The number of hydrogen-bond donors (Lipinski definition) is 2. The van der Waals surface area contributed by atoms with Crippen LogP contribution in [0.4, 0.5) is 10.1 Å². The second kappa shape index (κ2) is 7.29. The van der Waals surface area contributed by atoms with Crippen molar-refractivity contribution in [2.24, 2.45) is 11.1 Å². The van der Waals surface area contributed by atoms with Crippen LogP contribution in [0.2, 0.25) is 0 Å². The Labute approximate surface area is 158 Å². The summed E-state index contributed by atoms with van der Waals surface area (Å²) in [5.41, 5.74) is 5.57. The van der Waals surface area contributed by atoms with Gasteiger partial charge in [-0.3, -0.25) is 4.79 Å². The van der Waals surface area contributed by atoms with E-state index in [1.165, 1.54) is 12.1 Å². The fourth-order valence-corrected chi connectivity index (χ4v) is 3.34. The van der Waals surface area contributed by atoms with Crippen LogP contribution in [0, 0.1) is 11.2 Å². The first-order valence-corrected chi connectivity index (χ1v) is 9.01. The molecule has 2 atom stereocenters. The second-order valence-corrected chi connectivity index (χ2v) is 7.38. The van der Waals surface area contributed by atoms with E-state index in [1.54, 1.807) is 36.4 Å². The normalized spacial score (nSPS) is 23.4. The number of benzene rings is 2. The molecule has 27 heavy (non-hydrogen) atoms. The molecule has 2 aromatic carbocycles. The van der Waals surface area contributed by atoms with Crippen LogP contribution in [0.3, 0.4) is 0 Å². The molecule has 6 heteroatoms. The topological polar surface area (TPSA) is 73.6 Å². The van der Waals surface area contributed by atoms with Crippen molar-refractivity contribution in [2.45, 2.75) is 38.8 Å². The average molecular weight is 372 g/mol. The third-order valence-corrected chi connectivity index (χ3v) is 5.38. The summed E-state index contributed by atoms with van der Waals surface area (Å²) in [5, 5.41) is 2.87. The number of nitrogens with one attached hydrogen (secondary N) is 1. The Kier molecular flexibility index (Phi) is 5.22. The fourth-order valence-electron chi connectivity index (χ4n) is 3.34. The Bertz CT molecular complexity index is 822. The summed E-state index contributed by atoms with van der Waals surface area (Å²) in [7, 11) is 0. The van der Waals surface area contributed by atoms with Crippen LogP contribution in [0.5, 0.6) is 11.5 Å². The Morgan fingerprint density at radius 3 is 2.52 bits per heavy atom. The van der Waals surface area contributed by atoms with E-state index in [9.17, 15) is 9.18 Å². The van der Waals surface area contributed by atoms with Crippen molar-refractivity contribution in [3.8, 4) is 11.5 Å². The molecule has 1 amide bonds. The van der Waals surface area contributed by atoms with E-state index in [1.807, 2.05) is 20.8 Å². The van der Waals surface area contributed by atoms with Gasteiger partial charge < -0.3 is 20.5 Å². The number of anilines is 1. The molecule has 3 rings (SSSR count). The summed E-state index contributed by atoms with van der Waals surface area (Å²) in [4.78, 5) is 12.7. The Balaban J connectivity index is 1.64. The van der Waals surface area contributed by atoms with Gasteiger partial charge in [0.15, 0.2) is 0 Å². The summed E-state index contributed by atoms with van der Waals surface area (Å²) in [6.07, 6.45) is 0.459. The van der Waals surface area contributed by atoms with Crippen LogP contribution in [0.15, 0.2) is 48.5 Å². The second-order valence-electron chi connectivity index (χ2n) is 7.38. The van der Waals surface area contributed by atoms with E-state index in [0.29, 0.717) is 30.2 Å². The SMILES string of the molecule is CCOC1CC(N)(C(=O)Nc2ccc(Oc3cccc(F)c3)cc2)C1(C)C. The zero-order valence-corrected chi connectivity index (χ0v) is 15.8. The minimum atomic E-state index is -0.983. The number of ether oxygens (including phenoxy) is 2. The van der Waals surface area contributed by atoms with Crippen molar-refractivity contribution >= 4 is 11.6 Å². The van der Waals surface area contributed by atoms with Crippen LogP contribution < -0.4 is 15.8 Å². The van der Waals surface area contributed by atoms with E-state index < -0.39 is 11.0 Å². The van der Waals surface area contributed by atoms with E-state index in [4.69, 9.17) is 15.2 Å². The molecule has 0 radical (unpaired) electrons. The lowest BCUT2D eigenvalue weighted by atomic mass is 9.54. The van der Waals surface area contributed by atoms with Crippen molar-refractivity contribution in [3.63, 3.8) is 0 Å². The first-order chi connectivity index (χ1) is 12.8. The van der Waals surface area contributed by atoms with Gasteiger partial charge in [-0.05, 0) is 43.3 Å². The van der Waals surface area contributed by atoms with Crippen LogP contribution in [0.25, 0.3) is 0 Å². The van der Waals surface area contributed by atoms with Gasteiger partial charge in [0.05, 0.1) is 6.10 Å². The van der Waals surface area contributed by atoms with Crippen LogP contribution in [-0.4, -0.2) is 24.2 Å². The molecule has 3 N–H and O–H groups in total. The zero-order valence-electron chi connectivity index (χ0n) is 15.8. The van der Waals surface area contributed by atoms with E-state index >= 15 is 0 Å². The number of halogens is 1. The van der Waals surface area contributed by atoms with Gasteiger partial charge in [0.1, 0.15) is 22.9 Å². The standard InChI is InChI=1S/C21H25FN2O3/c1-4-26-18-13-21(23,20(18,2)3)19(25)24-15-8-10-16(11-9-15)27-17-7-5-6-14(22)12-17/h5-12,18H,4,13,23H2,1-3H3,(H,24,25). The maximum absolute atomic E-state index is 13.2. The number of hydrogen-bond acceptors (Lipinski definition) is 4. The Morgan fingerprint density at radius 1 is 1.22 bits per heavy atom. The molecular weight excluding hydrogens is 347 g/mol. The molecule has 1 fully saturated rings. The zero-order chi connectivity index (χ0) is 19.7. The minimum absolute atomic E-state index is 0.0275. The number of carbonyl (C=O) groups is 1. The molecule has 2 aromatic rings. The number of amides is 1. The minimum Gasteiger partial charge on any atom is -0.457 e. The van der Waals surface area contributed by atoms with Gasteiger partial charge in [-0.1, -0.05) is 19.9 Å². The number of nitrogens with two attached hydrogens (primary N) is 1. The Hall–Kier alpha value is -2.44. The molecule has 0 aromatic heterocycles. The van der Waals surface area contributed by atoms with Crippen molar-refractivity contribution in [3.05, 3.63) is 54.3 Å². The van der Waals surface area contributed by atoms with E-state index in [2.05, 4.69) is 5.32 Å². The molecule has 1 aliphatic carbocycles. The predicted molar refractivity (Wildman–Crippen MR) is 102 cm³/mol. The summed E-state index contributed by atoms with van der Waals surface area (Å²) in [6.45, 7) is 6.43. The first-order valence-electron chi connectivity index (χ1n) is 9.01. The highest BCUT2D eigenvalue weighted by atomic mass is 19.1. The highest BCUT2D eigenvalue weighted by molar-refractivity contribution is 5.99. The van der Waals surface area contributed by atoms with Crippen molar-refractivity contribution in [1.82, 2.24) is 0 Å². The molecule has 144 valence electrons. The molecule has 1 saturated carbocycles. The molecule has 0 heterocycles. The fraction of sp³-hybridized carbons (Fsp3) is 0.381. The average Bonchev–Trinajstić information content (AvgIpc) is 2.63. The predicted octanol–water partition coefficient (Wildman–Crippen LogP) is 4.09. The molecule has 0 saturated heterocycles. The lowest BCUT2D eigenvalue weighted by Gasteiger charge is -2.57. The summed E-state index contributed by atoms with van der Waals surface area (Å²) in [5.74, 6) is 0.354. The largest absolute Gasteiger partial charge is 0.457 e. The lowest BCUT2D eigenvalue weighted by molar-refractivity contribution is -0.166. The third kappa shape index (κ3) is 3.68. The molecule has 1 aliphatic rings. The van der Waals surface area contributed by atoms with Gasteiger partial charge >= 0.3 is 0 Å². The monoisotopic (exact) mass is 372 g/mol. The lowest BCUT2D eigenvalue weighted by Crippen LogP contribution is -2.74. The van der Waals surface area contributed by atoms with Crippen molar-refractivity contribution in [2.75, 3.05) is 11.9 Å². The summed E-state index contributed by atoms with van der Waals surface area (Å²) >= 11 is 0. The summed E-state index contributed by atoms with van der Waals surface area (Å²) < 4.78 is 24.5. The van der Waals surface area contributed by atoms with Crippen LogP contribution in [-0.2, 0) is 9.53 Å². The Morgan fingerprint density at radius 2 is 1.93 bits per heavy atom. The van der Waals surface area contributed by atoms with Gasteiger partial charge in [0.25, 0.3) is 0 Å². The van der Waals surface area contributed by atoms with Crippen molar-refractivity contribution in [1.29, 1.82) is 0 Å². The number of rotatable bonds is 6. The van der Waals surface area contributed by atoms with Gasteiger partial charge in [-0.15, -0.1) is 0 Å². The van der Waals surface area contributed by atoms with Gasteiger partial charge in [0.2, 0.25) is 5.91 Å². The molecule has 5 nitrogen and oxygen atoms in total. The highest BCUT2D eigenvalue weighted by Crippen LogP contribution is 2.50. The number of carbonyl (C=O) groups excluding carboxylic acids is 1. The smallest absolute Gasteiger partial charge is 0.245 e. The summed E-state index contributed by atoms with van der Waals surface area (Å²) in [6, 6.07) is 12.8. The maximum Gasteiger partial charge on any atom is 0.245 e. The first kappa shape index (κ1) is 19.3. The molecule has 0 aliphatic heterocycles. The van der Waals surface area contributed by atoms with Gasteiger partial charge in [0, 0.05) is 30.2 Å². The molecule has 0 bridgehead atoms. The maximum atomic E-state index is 13.2. The van der Waals surface area contributed by atoms with E-state index in [0.717, 1.165) is 0 Å². The highest BCUT2D eigenvalue weighted by Gasteiger charge is 2.62. The van der Waals surface area contributed by atoms with Crippen LogP contribution in [0.1, 0.15) is 27.2 Å². The van der Waals surface area contributed by atoms with Gasteiger partial charge in [-0.2, -0.15) is 0 Å². The molecule has 2 unspecified atom stereocenters. The van der Waals surface area contributed by atoms with E-state index in [-0.39, 0.29) is 17.8 Å². The third-order valence-electron chi connectivity index (χ3n) is 5.38.